The lowest BCUT2D eigenvalue weighted by atomic mass is 10.2. The summed E-state index contributed by atoms with van der Waals surface area (Å²) in [6.07, 6.45) is 0. The molecule has 2 aromatic carbocycles. The summed E-state index contributed by atoms with van der Waals surface area (Å²) in [5, 5.41) is 8.08. The van der Waals surface area contributed by atoms with Crippen LogP contribution in [0.25, 0.3) is 11.5 Å². The van der Waals surface area contributed by atoms with Gasteiger partial charge in [0.15, 0.2) is 18.1 Å². The van der Waals surface area contributed by atoms with E-state index >= 15 is 0 Å². The summed E-state index contributed by atoms with van der Waals surface area (Å²) in [5.74, 6) is 2.26. The third-order valence-electron chi connectivity index (χ3n) is 4.38. The number of carbonyl (C=O) groups is 1. The average Bonchev–Trinajstić information content (AvgIpc) is 3.20. The number of hydrogen-bond donors (Lipinski definition) is 0. The Morgan fingerprint density at radius 3 is 2.50 bits per heavy atom. The first-order valence-corrected chi connectivity index (χ1v) is 9.88. The van der Waals surface area contributed by atoms with Crippen LogP contribution in [-0.4, -0.2) is 48.9 Å². The summed E-state index contributed by atoms with van der Waals surface area (Å²) in [6.45, 7) is 2.00. The van der Waals surface area contributed by atoms with E-state index in [9.17, 15) is 4.79 Å². The molecule has 1 amide bonds. The Balaban J connectivity index is 1.61. The maximum Gasteiger partial charge on any atom is 0.260 e. The Morgan fingerprint density at radius 1 is 1.07 bits per heavy atom. The van der Waals surface area contributed by atoms with Crippen LogP contribution >= 0.6 is 15.9 Å². The van der Waals surface area contributed by atoms with Gasteiger partial charge in [-0.25, -0.2) is 0 Å². The third kappa shape index (κ3) is 5.10. The number of aryl methyl sites for hydroxylation is 1. The quantitative estimate of drug-likeness (QED) is 0.488. The first-order valence-electron chi connectivity index (χ1n) is 9.09. The van der Waals surface area contributed by atoms with Crippen LogP contribution in [0.5, 0.6) is 17.2 Å². The van der Waals surface area contributed by atoms with E-state index < -0.39 is 0 Å². The Kier molecular flexibility index (Phi) is 6.94. The van der Waals surface area contributed by atoms with E-state index in [1.165, 1.54) is 4.90 Å². The Hall–Kier alpha value is -3.07. The lowest BCUT2D eigenvalue weighted by Crippen LogP contribution is -2.31. The topological polar surface area (TPSA) is 86.9 Å². The number of carbonyl (C=O) groups excluding carboxylic acids is 1. The number of amides is 1. The predicted octanol–water partition coefficient (Wildman–Crippen LogP) is 3.86. The van der Waals surface area contributed by atoms with Crippen LogP contribution in [0.4, 0.5) is 0 Å². The smallest absolute Gasteiger partial charge is 0.260 e. The van der Waals surface area contributed by atoms with Gasteiger partial charge in [-0.3, -0.25) is 4.79 Å². The fourth-order valence-electron chi connectivity index (χ4n) is 2.72. The molecule has 0 saturated heterocycles. The van der Waals surface area contributed by atoms with Crippen molar-refractivity contribution in [3.63, 3.8) is 0 Å². The number of methoxy groups -OCH3 is 2. The number of halogens is 1. The molecule has 0 saturated carbocycles. The van der Waals surface area contributed by atoms with Gasteiger partial charge < -0.3 is 23.5 Å². The van der Waals surface area contributed by atoms with Crippen molar-refractivity contribution in [1.29, 1.82) is 0 Å². The molecular weight excluding hydrogens is 454 g/mol. The molecule has 3 aromatic rings. The number of hydrogen-bond acceptors (Lipinski definition) is 7. The second kappa shape index (κ2) is 9.62. The molecule has 0 atom stereocenters. The van der Waals surface area contributed by atoms with E-state index in [2.05, 4.69) is 26.1 Å². The van der Waals surface area contributed by atoms with E-state index in [1.807, 2.05) is 25.1 Å². The summed E-state index contributed by atoms with van der Waals surface area (Å²) < 4.78 is 22.8. The maximum atomic E-state index is 12.4. The molecule has 0 N–H and O–H groups in total. The molecular formula is C21H22BrN3O5. The molecule has 3 rings (SSSR count). The number of likely N-dealkylation sites (N-methyl/N-ethyl adjacent to an activating group) is 1. The molecule has 0 radical (unpaired) electrons. The Bertz CT molecular complexity index is 1040. The fourth-order valence-corrected chi connectivity index (χ4v) is 3.19. The van der Waals surface area contributed by atoms with Crippen molar-refractivity contribution >= 4 is 21.8 Å². The van der Waals surface area contributed by atoms with Crippen LogP contribution in [0, 0.1) is 6.92 Å². The molecule has 0 aliphatic carbocycles. The first-order chi connectivity index (χ1) is 14.4. The highest BCUT2D eigenvalue weighted by atomic mass is 79.9. The van der Waals surface area contributed by atoms with Gasteiger partial charge >= 0.3 is 0 Å². The first kappa shape index (κ1) is 21.6. The highest BCUT2D eigenvalue weighted by Gasteiger charge is 2.16. The standard InChI is InChI=1S/C21H22BrN3O5/c1-13-9-15(22)6-8-16(13)29-12-20(26)25(2)11-19-23-24-21(30-19)14-5-7-17(27-3)18(10-14)28-4/h5-10H,11-12H2,1-4H3. The molecule has 0 bridgehead atoms. The number of ether oxygens (including phenoxy) is 3. The monoisotopic (exact) mass is 475 g/mol. The lowest BCUT2D eigenvalue weighted by Gasteiger charge is -2.16. The van der Waals surface area contributed by atoms with Crippen LogP contribution < -0.4 is 14.2 Å². The second-order valence-electron chi connectivity index (χ2n) is 6.52. The molecule has 0 fully saturated rings. The van der Waals surface area contributed by atoms with Crippen molar-refractivity contribution in [2.45, 2.75) is 13.5 Å². The van der Waals surface area contributed by atoms with Crippen molar-refractivity contribution in [2.24, 2.45) is 0 Å². The van der Waals surface area contributed by atoms with E-state index in [0.717, 1.165) is 10.0 Å². The molecule has 30 heavy (non-hydrogen) atoms. The highest BCUT2D eigenvalue weighted by molar-refractivity contribution is 9.10. The van der Waals surface area contributed by atoms with Gasteiger partial charge in [0.1, 0.15) is 5.75 Å². The van der Waals surface area contributed by atoms with Crippen LogP contribution in [0.3, 0.4) is 0 Å². The van der Waals surface area contributed by atoms with Gasteiger partial charge in [-0.05, 0) is 48.9 Å². The highest BCUT2D eigenvalue weighted by Crippen LogP contribution is 2.31. The largest absolute Gasteiger partial charge is 0.493 e. The minimum atomic E-state index is -0.205. The minimum Gasteiger partial charge on any atom is -0.493 e. The maximum absolute atomic E-state index is 12.4. The molecule has 1 heterocycles. The second-order valence-corrected chi connectivity index (χ2v) is 7.43. The summed E-state index contributed by atoms with van der Waals surface area (Å²) in [6, 6.07) is 10.9. The lowest BCUT2D eigenvalue weighted by molar-refractivity contribution is -0.132. The summed E-state index contributed by atoms with van der Waals surface area (Å²) in [5.41, 5.74) is 1.63. The van der Waals surface area contributed by atoms with Crippen LogP contribution in [0.2, 0.25) is 0 Å². The summed E-state index contributed by atoms with van der Waals surface area (Å²) in [4.78, 5) is 13.9. The molecule has 0 aliphatic heterocycles. The van der Waals surface area contributed by atoms with Crippen molar-refractivity contribution in [2.75, 3.05) is 27.9 Å². The zero-order valence-corrected chi connectivity index (χ0v) is 18.7. The van der Waals surface area contributed by atoms with Gasteiger partial charge in [0.25, 0.3) is 5.91 Å². The van der Waals surface area contributed by atoms with Crippen molar-refractivity contribution in [3.05, 3.63) is 52.3 Å². The zero-order valence-electron chi connectivity index (χ0n) is 17.1. The average molecular weight is 476 g/mol. The summed E-state index contributed by atoms with van der Waals surface area (Å²) in [7, 11) is 4.77. The third-order valence-corrected chi connectivity index (χ3v) is 4.88. The van der Waals surface area contributed by atoms with Gasteiger partial charge in [-0.1, -0.05) is 15.9 Å². The molecule has 9 heteroatoms. The molecule has 1 aromatic heterocycles. The predicted molar refractivity (Wildman–Crippen MR) is 114 cm³/mol. The van der Waals surface area contributed by atoms with Crippen LogP contribution in [-0.2, 0) is 11.3 Å². The van der Waals surface area contributed by atoms with Crippen molar-refractivity contribution in [1.82, 2.24) is 15.1 Å². The van der Waals surface area contributed by atoms with Gasteiger partial charge in [-0.15, -0.1) is 10.2 Å². The number of aromatic nitrogens is 2. The molecule has 8 nitrogen and oxygen atoms in total. The van der Waals surface area contributed by atoms with E-state index in [1.54, 1.807) is 39.5 Å². The van der Waals surface area contributed by atoms with Crippen molar-refractivity contribution < 1.29 is 23.4 Å². The van der Waals surface area contributed by atoms with E-state index in [0.29, 0.717) is 34.6 Å². The minimum absolute atomic E-state index is 0.0877. The Morgan fingerprint density at radius 2 is 1.80 bits per heavy atom. The van der Waals surface area contributed by atoms with Crippen LogP contribution in [0.1, 0.15) is 11.5 Å². The molecule has 158 valence electrons. The molecule has 0 aliphatic rings. The number of nitrogens with zero attached hydrogens (tertiary/aromatic N) is 3. The van der Waals surface area contributed by atoms with Gasteiger partial charge in [0.05, 0.1) is 20.8 Å². The zero-order chi connectivity index (χ0) is 21.7. The van der Waals surface area contributed by atoms with Gasteiger partial charge in [0, 0.05) is 17.1 Å². The van der Waals surface area contributed by atoms with Crippen LogP contribution in [0.15, 0.2) is 45.3 Å². The molecule has 0 spiro atoms. The number of benzene rings is 2. The number of rotatable bonds is 8. The van der Waals surface area contributed by atoms with Crippen molar-refractivity contribution in [3.8, 4) is 28.7 Å². The Labute approximate surface area is 182 Å². The summed E-state index contributed by atoms with van der Waals surface area (Å²) >= 11 is 3.40. The molecule has 0 unspecified atom stereocenters. The normalized spacial score (nSPS) is 10.6. The van der Waals surface area contributed by atoms with E-state index in [4.69, 9.17) is 18.6 Å². The van der Waals surface area contributed by atoms with Gasteiger partial charge in [-0.2, -0.15) is 0 Å². The SMILES string of the molecule is COc1ccc(-c2nnc(CN(C)C(=O)COc3ccc(Br)cc3C)o2)cc1OC. The van der Waals surface area contributed by atoms with E-state index in [-0.39, 0.29) is 19.1 Å². The van der Waals surface area contributed by atoms with Gasteiger partial charge in [0.2, 0.25) is 11.8 Å². The fraction of sp³-hybridized carbons (Fsp3) is 0.286.